The second-order valence-electron chi connectivity index (χ2n) is 9.15. The van der Waals surface area contributed by atoms with Gasteiger partial charge in [0.15, 0.2) is 8.67 Å². The fourth-order valence-corrected chi connectivity index (χ4v) is 13.7. The van der Waals surface area contributed by atoms with E-state index in [4.69, 9.17) is 139 Å². The Morgan fingerprint density at radius 3 is 1.06 bits per heavy atom. The Morgan fingerprint density at radius 2 is 0.765 bits per heavy atom. The van der Waals surface area contributed by atoms with Crippen molar-refractivity contribution in [3.8, 4) is 0 Å². The Labute approximate surface area is 272 Å². The molecule has 2 saturated carbocycles. The Kier molecular flexibility index (Phi) is 6.03. The minimum Gasteiger partial charge on any atom is -0.109 e. The molecule has 4 bridgehead atoms. The van der Waals surface area contributed by atoms with Crippen molar-refractivity contribution in [2.75, 3.05) is 0 Å². The third-order valence-corrected chi connectivity index (χ3v) is 18.6. The van der Waals surface area contributed by atoms with Crippen LogP contribution in [0.15, 0.2) is 41.2 Å². The van der Waals surface area contributed by atoms with Crippen molar-refractivity contribution in [2.45, 2.75) is 40.0 Å². The first kappa shape index (κ1) is 27.3. The molecule has 5 aliphatic rings. The normalized spacial score (nSPS) is 49.0. The van der Waals surface area contributed by atoms with E-state index in [1.165, 1.54) is 0 Å². The standard InChI is InChI=1S/C20H6Br2Cl12/c21-5-1-3-4(2-6(5)22)8-10(18(30)14(26)12(24)16(8,28)20(18,33)34)9-7(3)15(27)11(23)13(25)17(9,29)19(15,31)32/h1-2,7-10H/t7-,8-,9+,10+,15+,16+,17+,18+/m1/s1. The number of allylic oxidation sites excluding steroid dienone is 4. The van der Waals surface area contributed by atoms with Gasteiger partial charge in [-0.1, -0.05) is 92.8 Å². The fraction of sp³-hybridized carbons (Fsp3) is 0.500. The van der Waals surface area contributed by atoms with Crippen molar-refractivity contribution in [1.82, 2.24) is 0 Å². The molecule has 1 aromatic rings. The minimum atomic E-state index is -1.84. The molecule has 0 amide bonds. The highest BCUT2D eigenvalue weighted by Gasteiger charge is 2.91. The van der Waals surface area contributed by atoms with Gasteiger partial charge in [-0.2, -0.15) is 0 Å². The van der Waals surface area contributed by atoms with Gasteiger partial charge >= 0.3 is 0 Å². The van der Waals surface area contributed by atoms with Crippen LogP contribution in [-0.4, -0.2) is 28.2 Å². The summed E-state index contributed by atoms with van der Waals surface area (Å²) in [4.78, 5) is -6.50. The molecule has 0 N–H and O–H groups in total. The van der Waals surface area contributed by atoms with Gasteiger partial charge in [0, 0.05) is 32.6 Å². The molecule has 0 nitrogen and oxygen atoms in total. The smallest absolute Gasteiger partial charge is 0.109 e. The Bertz CT molecular complexity index is 1190. The molecule has 0 heterocycles. The Balaban J connectivity index is 1.80. The molecular weight excluding hydrogens is 825 g/mol. The predicted octanol–water partition coefficient (Wildman–Crippen LogP) is 11.3. The van der Waals surface area contributed by atoms with Crippen LogP contribution in [0.4, 0.5) is 0 Å². The summed E-state index contributed by atoms with van der Waals surface area (Å²) in [6.45, 7) is 0. The second kappa shape index (κ2) is 7.50. The van der Waals surface area contributed by atoms with E-state index in [0.29, 0.717) is 0 Å². The molecule has 0 radical (unpaired) electrons. The zero-order chi connectivity index (χ0) is 25.3. The second-order valence-corrected chi connectivity index (χ2v) is 17.4. The fourth-order valence-electron chi connectivity index (χ4n) is 6.89. The molecule has 5 aliphatic carbocycles. The molecule has 0 aromatic heterocycles. The van der Waals surface area contributed by atoms with Crippen LogP contribution in [0.2, 0.25) is 0 Å². The lowest BCUT2D eigenvalue weighted by Crippen LogP contribution is -2.53. The molecule has 2 fully saturated rings. The summed E-state index contributed by atoms with van der Waals surface area (Å²) in [5, 5.41) is 0.192. The monoisotopic (exact) mass is 824 g/mol. The molecule has 0 unspecified atom stereocenters. The van der Waals surface area contributed by atoms with Crippen LogP contribution in [-0.2, 0) is 0 Å². The molecule has 1 aromatic carbocycles. The molecule has 0 saturated heterocycles. The van der Waals surface area contributed by atoms with Gasteiger partial charge in [0.2, 0.25) is 0 Å². The SMILES string of the molecule is ClC1=C(Cl)[C@@]2(Cl)[C@@H]3c4cc(Br)c(Br)cc4[C@@H]4[C@@H]([C@H]3[C@@]1(Cl)C2(Cl)Cl)[C@]1(Cl)C(Cl)=C(Cl)[C@]4(Cl)C1(Cl)Cl. The van der Waals surface area contributed by atoms with E-state index in [2.05, 4.69) is 31.9 Å². The first-order chi connectivity index (χ1) is 15.4. The maximum atomic E-state index is 7.30. The first-order valence-corrected chi connectivity index (χ1v) is 15.7. The van der Waals surface area contributed by atoms with Crippen molar-refractivity contribution < 1.29 is 0 Å². The van der Waals surface area contributed by atoms with Crippen molar-refractivity contribution in [1.29, 1.82) is 0 Å². The van der Waals surface area contributed by atoms with E-state index in [0.717, 1.165) is 20.1 Å². The zero-order valence-corrected chi connectivity index (χ0v) is 28.0. The summed E-state index contributed by atoms with van der Waals surface area (Å²) in [6.07, 6.45) is 0. The summed E-state index contributed by atoms with van der Waals surface area (Å²) in [5.74, 6) is -2.76. The molecular formula is C20H6Br2Cl12. The number of rotatable bonds is 0. The first-order valence-electron chi connectivity index (χ1n) is 9.53. The number of fused-ring (bicyclic) bond motifs is 14. The highest BCUT2D eigenvalue weighted by Crippen LogP contribution is 2.88. The van der Waals surface area contributed by atoms with E-state index in [1.807, 2.05) is 12.1 Å². The van der Waals surface area contributed by atoms with Crippen LogP contribution < -0.4 is 0 Å². The molecule has 0 aliphatic heterocycles. The largest absolute Gasteiger partial charge is 0.167 e. The highest BCUT2D eigenvalue weighted by atomic mass is 79.9. The van der Waals surface area contributed by atoms with Crippen LogP contribution in [0.3, 0.4) is 0 Å². The summed E-state index contributed by atoms with van der Waals surface area (Å²) in [7, 11) is 0. The van der Waals surface area contributed by atoms with E-state index < -0.39 is 51.8 Å². The predicted molar refractivity (Wildman–Crippen MR) is 155 cm³/mol. The van der Waals surface area contributed by atoms with Gasteiger partial charge in [0.05, 0.1) is 20.1 Å². The quantitative estimate of drug-likeness (QED) is 0.229. The van der Waals surface area contributed by atoms with Crippen LogP contribution in [0.1, 0.15) is 23.0 Å². The van der Waals surface area contributed by atoms with E-state index in [-0.39, 0.29) is 20.1 Å². The summed E-state index contributed by atoms with van der Waals surface area (Å²) >= 11 is 91.0. The molecule has 14 heteroatoms. The summed E-state index contributed by atoms with van der Waals surface area (Å²) < 4.78 is -2.19. The average Bonchev–Trinajstić information content (AvgIpc) is 3.09. The molecule has 6 rings (SSSR count). The molecule has 8 atom stereocenters. The maximum absolute atomic E-state index is 7.30. The lowest BCUT2D eigenvalue weighted by molar-refractivity contribution is 0.201. The van der Waals surface area contributed by atoms with Crippen molar-refractivity contribution in [3.05, 3.63) is 52.3 Å². The van der Waals surface area contributed by atoms with E-state index in [1.54, 1.807) is 0 Å². The average molecular weight is 832 g/mol. The van der Waals surface area contributed by atoms with Crippen LogP contribution >= 0.6 is 171 Å². The van der Waals surface area contributed by atoms with Crippen LogP contribution in [0.25, 0.3) is 0 Å². The van der Waals surface area contributed by atoms with Gasteiger partial charge in [-0.3, -0.25) is 0 Å². The van der Waals surface area contributed by atoms with Crippen molar-refractivity contribution >= 4 is 171 Å². The Morgan fingerprint density at radius 1 is 0.500 bits per heavy atom. The van der Waals surface area contributed by atoms with Crippen LogP contribution in [0.5, 0.6) is 0 Å². The zero-order valence-electron chi connectivity index (χ0n) is 15.8. The minimum absolute atomic E-state index is 0.0306. The molecule has 34 heavy (non-hydrogen) atoms. The van der Waals surface area contributed by atoms with E-state index >= 15 is 0 Å². The maximum Gasteiger partial charge on any atom is 0.167 e. The molecule has 0 spiro atoms. The number of alkyl halides is 8. The summed E-state index contributed by atoms with van der Waals surface area (Å²) in [5.41, 5.74) is 1.48. The third-order valence-electron chi connectivity index (χ3n) is 8.17. The van der Waals surface area contributed by atoms with Gasteiger partial charge in [-0.15, -0.1) is 46.4 Å². The van der Waals surface area contributed by atoms with Crippen molar-refractivity contribution in [3.63, 3.8) is 0 Å². The van der Waals surface area contributed by atoms with Gasteiger partial charge in [-0.25, -0.2) is 0 Å². The van der Waals surface area contributed by atoms with Gasteiger partial charge in [0.25, 0.3) is 0 Å². The number of halogens is 14. The summed E-state index contributed by atoms with van der Waals surface area (Å²) in [6, 6.07) is 3.77. The lowest BCUT2D eigenvalue weighted by atomic mass is 9.57. The lowest BCUT2D eigenvalue weighted by Gasteiger charge is -2.52. The van der Waals surface area contributed by atoms with Gasteiger partial charge in [0.1, 0.15) is 19.5 Å². The highest BCUT2D eigenvalue weighted by molar-refractivity contribution is 9.13. The third kappa shape index (κ3) is 2.38. The number of benzene rings is 1. The van der Waals surface area contributed by atoms with E-state index in [9.17, 15) is 0 Å². The van der Waals surface area contributed by atoms with Crippen molar-refractivity contribution in [2.24, 2.45) is 11.8 Å². The van der Waals surface area contributed by atoms with Crippen LogP contribution in [0, 0.1) is 11.8 Å². The topological polar surface area (TPSA) is 0 Å². The van der Waals surface area contributed by atoms with Gasteiger partial charge in [-0.05, 0) is 55.1 Å². The number of hydrogen-bond acceptors (Lipinski definition) is 0. The Hall–Kier alpha value is 3.14. The molecule has 184 valence electrons. The van der Waals surface area contributed by atoms with Gasteiger partial charge < -0.3 is 0 Å². The number of hydrogen-bond donors (Lipinski definition) is 0.